The molecule has 8 heteroatoms. The minimum atomic E-state index is -0.117. The number of nitrogens with one attached hydrogen (secondary N) is 1. The molecular weight excluding hydrogens is 476 g/mol. The van der Waals surface area contributed by atoms with E-state index in [2.05, 4.69) is 26.4 Å². The molecule has 38 heavy (non-hydrogen) atoms. The third kappa shape index (κ3) is 7.51. The van der Waals surface area contributed by atoms with Gasteiger partial charge in [-0.15, -0.1) is 0 Å². The van der Waals surface area contributed by atoms with Crippen LogP contribution in [0.4, 0.5) is 5.69 Å². The van der Waals surface area contributed by atoms with E-state index in [4.69, 9.17) is 0 Å². The van der Waals surface area contributed by atoms with Crippen molar-refractivity contribution in [3.05, 3.63) is 76.9 Å². The predicted molar refractivity (Wildman–Crippen MR) is 150 cm³/mol. The van der Waals surface area contributed by atoms with Crippen LogP contribution in [0.3, 0.4) is 0 Å². The summed E-state index contributed by atoms with van der Waals surface area (Å²) in [7, 11) is 0. The van der Waals surface area contributed by atoms with Crippen LogP contribution in [0.15, 0.2) is 48.8 Å². The average molecular weight is 517 g/mol. The molecule has 0 radical (unpaired) electrons. The Bertz CT molecular complexity index is 1220. The number of fused-ring (bicyclic) bond motifs is 1. The van der Waals surface area contributed by atoms with Crippen molar-refractivity contribution in [2.24, 2.45) is 0 Å². The summed E-state index contributed by atoms with van der Waals surface area (Å²) in [5.41, 5.74) is 5.70. The summed E-state index contributed by atoms with van der Waals surface area (Å²) < 4.78 is 1.91. The Morgan fingerprint density at radius 2 is 1.79 bits per heavy atom. The first kappa shape index (κ1) is 27.5. The monoisotopic (exact) mass is 516 g/mol. The van der Waals surface area contributed by atoms with Crippen LogP contribution >= 0.6 is 0 Å². The van der Waals surface area contributed by atoms with Crippen LogP contribution in [0.1, 0.15) is 71.9 Å². The third-order valence-electron chi connectivity index (χ3n) is 7.10. The Labute approximate surface area is 226 Å². The molecule has 2 amide bonds. The normalized spacial score (nSPS) is 15.3. The van der Waals surface area contributed by atoms with Crippen molar-refractivity contribution in [1.29, 1.82) is 0 Å². The lowest BCUT2D eigenvalue weighted by Gasteiger charge is -2.29. The number of carbonyl (C=O) groups is 2. The van der Waals surface area contributed by atoms with E-state index in [0.29, 0.717) is 31.7 Å². The number of aromatic nitrogens is 3. The number of hydrogen-bond donors (Lipinski definition) is 1. The Kier molecular flexibility index (Phi) is 9.65. The van der Waals surface area contributed by atoms with Crippen molar-refractivity contribution in [2.75, 3.05) is 24.5 Å². The van der Waals surface area contributed by atoms with Gasteiger partial charge in [0.15, 0.2) is 0 Å². The molecule has 0 saturated carbocycles. The number of nitrogens with zero attached hydrogens (tertiary/aromatic N) is 5. The largest absolute Gasteiger partial charge is 0.350 e. The first-order chi connectivity index (χ1) is 18.4. The molecular formula is C30H40N6O2. The molecule has 2 aromatic heterocycles. The molecule has 0 fully saturated rings. The van der Waals surface area contributed by atoms with E-state index in [1.807, 2.05) is 60.0 Å². The molecule has 0 unspecified atom stereocenters. The Hall–Kier alpha value is -3.52. The van der Waals surface area contributed by atoms with E-state index >= 15 is 0 Å². The zero-order valence-corrected chi connectivity index (χ0v) is 22.9. The van der Waals surface area contributed by atoms with Crippen LogP contribution < -0.4 is 10.2 Å². The minimum Gasteiger partial charge on any atom is -0.350 e. The summed E-state index contributed by atoms with van der Waals surface area (Å²) in [6.45, 7) is 9.79. The number of anilines is 1. The number of pyridine rings is 1. The van der Waals surface area contributed by atoms with E-state index in [1.54, 1.807) is 13.1 Å². The molecule has 1 aliphatic heterocycles. The fourth-order valence-electron chi connectivity index (χ4n) is 5.18. The van der Waals surface area contributed by atoms with Gasteiger partial charge >= 0.3 is 0 Å². The zero-order valence-electron chi connectivity index (χ0n) is 22.9. The van der Waals surface area contributed by atoms with Crippen molar-refractivity contribution in [1.82, 2.24) is 25.0 Å². The van der Waals surface area contributed by atoms with Crippen LogP contribution in [0, 0.1) is 13.8 Å². The number of aryl methyl sites for hydroxylation is 2. The smallest absolute Gasteiger partial charge is 0.251 e. The van der Waals surface area contributed by atoms with Crippen molar-refractivity contribution in [3.8, 4) is 0 Å². The number of rotatable bonds is 6. The molecule has 0 aliphatic carbocycles. The van der Waals surface area contributed by atoms with Crippen molar-refractivity contribution < 1.29 is 9.59 Å². The van der Waals surface area contributed by atoms with Crippen molar-refractivity contribution >= 4 is 17.5 Å². The number of benzene rings is 1. The lowest BCUT2D eigenvalue weighted by molar-refractivity contribution is -0.116. The van der Waals surface area contributed by atoms with Crippen LogP contribution in [0.2, 0.25) is 0 Å². The van der Waals surface area contributed by atoms with E-state index in [0.717, 1.165) is 60.6 Å². The summed E-state index contributed by atoms with van der Waals surface area (Å²) in [6.07, 6.45) is 9.26. The van der Waals surface area contributed by atoms with Gasteiger partial charge in [0.2, 0.25) is 5.91 Å². The van der Waals surface area contributed by atoms with Gasteiger partial charge in [0.25, 0.3) is 5.91 Å². The van der Waals surface area contributed by atoms with Crippen LogP contribution in [0.25, 0.3) is 0 Å². The number of carbonyl (C=O) groups excluding carboxylic acids is 2. The van der Waals surface area contributed by atoms with Gasteiger partial charge in [0, 0.05) is 62.4 Å². The molecule has 3 aromatic rings. The van der Waals surface area contributed by atoms with Crippen LogP contribution in [0.5, 0.6) is 0 Å². The highest BCUT2D eigenvalue weighted by Gasteiger charge is 2.20. The molecule has 0 atom stereocenters. The van der Waals surface area contributed by atoms with Crippen LogP contribution in [-0.4, -0.2) is 51.1 Å². The first-order valence-corrected chi connectivity index (χ1v) is 13.7. The summed E-state index contributed by atoms with van der Waals surface area (Å²) in [6, 6.07) is 11.8. The highest BCUT2D eigenvalue weighted by atomic mass is 16.2. The summed E-state index contributed by atoms with van der Waals surface area (Å²) in [4.78, 5) is 34.4. The third-order valence-corrected chi connectivity index (χ3v) is 7.10. The Balaban J connectivity index is 1.57. The highest BCUT2D eigenvalue weighted by molar-refractivity contribution is 5.97. The summed E-state index contributed by atoms with van der Waals surface area (Å²) in [5.74, 6) is -0.0853. The van der Waals surface area contributed by atoms with Gasteiger partial charge in [-0.25, -0.2) is 0 Å². The molecule has 1 aromatic carbocycles. The average Bonchev–Trinajstić information content (AvgIpc) is 3.21. The Morgan fingerprint density at radius 3 is 2.50 bits per heavy atom. The molecule has 0 saturated heterocycles. The van der Waals surface area contributed by atoms with Crippen molar-refractivity contribution in [3.63, 3.8) is 0 Å². The molecule has 1 N–H and O–H groups in total. The molecule has 4 rings (SSSR count). The fourth-order valence-corrected chi connectivity index (χ4v) is 5.18. The standard InChI is InChI=1S/C30H40N6O2/c1-23-18-24(2)36(33-23)17-14-32-30(38)27-11-12-29-28(19-27)22-34(21-26-10-9-13-31-20-26)15-7-5-4-6-8-16-35(29)25(3)37/h9-13,18-20H,4-8,14-17,21-22H2,1-3H3,(H,32,38). The maximum Gasteiger partial charge on any atom is 0.251 e. The van der Waals surface area contributed by atoms with E-state index < -0.39 is 0 Å². The number of amides is 2. The van der Waals surface area contributed by atoms with Gasteiger partial charge in [0.1, 0.15) is 0 Å². The molecule has 1 aliphatic rings. The van der Waals surface area contributed by atoms with Gasteiger partial charge in [-0.1, -0.05) is 25.3 Å². The summed E-state index contributed by atoms with van der Waals surface area (Å²) >= 11 is 0. The van der Waals surface area contributed by atoms with E-state index in [9.17, 15) is 9.59 Å². The van der Waals surface area contributed by atoms with E-state index in [1.165, 1.54) is 12.8 Å². The minimum absolute atomic E-state index is 0.0317. The molecule has 202 valence electrons. The van der Waals surface area contributed by atoms with Crippen LogP contribution in [-0.2, 0) is 24.4 Å². The van der Waals surface area contributed by atoms with Crippen molar-refractivity contribution in [2.45, 2.75) is 72.5 Å². The van der Waals surface area contributed by atoms with Gasteiger partial charge in [-0.2, -0.15) is 5.10 Å². The second-order valence-corrected chi connectivity index (χ2v) is 10.3. The highest BCUT2D eigenvalue weighted by Crippen LogP contribution is 2.26. The van der Waals surface area contributed by atoms with Gasteiger partial charge in [-0.05, 0) is 74.7 Å². The summed E-state index contributed by atoms with van der Waals surface area (Å²) in [5, 5.41) is 7.52. The lowest BCUT2D eigenvalue weighted by Crippen LogP contribution is -2.33. The number of hydrogen-bond acceptors (Lipinski definition) is 5. The molecule has 3 heterocycles. The SMILES string of the molecule is CC(=O)N1CCCCCCCN(Cc2cccnc2)Cc2cc(C(=O)NCCn3nc(C)cc3C)ccc21. The molecule has 8 nitrogen and oxygen atoms in total. The van der Waals surface area contributed by atoms with Gasteiger partial charge < -0.3 is 10.2 Å². The fraction of sp³-hybridized carbons (Fsp3) is 0.467. The maximum absolute atomic E-state index is 13.1. The molecule has 0 bridgehead atoms. The van der Waals surface area contributed by atoms with Gasteiger partial charge in [0.05, 0.1) is 12.2 Å². The van der Waals surface area contributed by atoms with E-state index in [-0.39, 0.29) is 11.8 Å². The first-order valence-electron chi connectivity index (χ1n) is 13.7. The quantitative estimate of drug-likeness (QED) is 0.516. The maximum atomic E-state index is 13.1. The zero-order chi connectivity index (χ0) is 26.9. The Morgan fingerprint density at radius 1 is 1.00 bits per heavy atom. The lowest BCUT2D eigenvalue weighted by atomic mass is 10.0. The second-order valence-electron chi connectivity index (χ2n) is 10.3. The molecule has 0 spiro atoms. The van der Waals surface area contributed by atoms with Gasteiger partial charge in [-0.3, -0.25) is 24.2 Å². The topological polar surface area (TPSA) is 83.4 Å². The second kappa shape index (κ2) is 13.3. The predicted octanol–water partition coefficient (Wildman–Crippen LogP) is 4.64.